The van der Waals surface area contributed by atoms with Crippen LogP contribution in [0.3, 0.4) is 0 Å². The molecule has 230 valence electrons. The predicted octanol–water partition coefficient (Wildman–Crippen LogP) is 9.23. The van der Waals surface area contributed by atoms with Gasteiger partial charge in [0.15, 0.2) is 0 Å². The van der Waals surface area contributed by atoms with Gasteiger partial charge in [-0.1, -0.05) is 84.9 Å². The van der Waals surface area contributed by atoms with Gasteiger partial charge in [0.2, 0.25) is 0 Å². The van der Waals surface area contributed by atoms with Crippen molar-refractivity contribution in [1.82, 2.24) is 9.13 Å². The van der Waals surface area contributed by atoms with Gasteiger partial charge in [0.05, 0.1) is 27.8 Å². The van der Waals surface area contributed by atoms with Crippen molar-refractivity contribution in [2.24, 2.45) is 0 Å². The van der Waals surface area contributed by atoms with E-state index < -0.39 is 0 Å². The number of benzene rings is 7. The molecule has 4 heterocycles. The van der Waals surface area contributed by atoms with Crippen LogP contribution in [0.1, 0.15) is 11.1 Å². The van der Waals surface area contributed by atoms with Gasteiger partial charge in [-0.15, -0.1) is 0 Å². The van der Waals surface area contributed by atoms with Gasteiger partial charge in [0, 0.05) is 44.8 Å². The van der Waals surface area contributed by atoms with Crippen LogP contribution in [0.2, 0.25) is 0 Å². The van der Waals surface area contributed by atoms with Crippen LogP contribution in [-0.4, -0.2) is 15.8 Å². The Hall–Kier alpha value is -6.20. The van der Waals surface area contributed by atoms with Crippen molar-refractivity contribution >= 4 is 66.7 Å². The van der Waals surface area contributed by atoms with E-state index in [-0.39, 0.29) is 6.71 Å². The molecule has 0 fully saturated rings. The van der Waals surface area contributed by atoms with Crippen molar-refractivity contribution in [2.75, 3.05) is 0 Å². The first kappa shape index (κ1) is 26.8. The lowest BCUT2D eigenvalue weighted by atomic mass is 9.35. The Labute approximate surface area is 283 Å². The van der Waals surface area contributed by atoms with E-state index in [1.165, 1.54) is 60.1 Å². The van der Waals surface area contributed by atoms with Gasteiger partial charge in [-0.05, 0) is 78.4 Å². The number of nitrogens with zero attached hydrogens (tertiary/aromatic N) is 2. The standard InChI is InChI=1S/C44H29BN2O2/c1-26-16-19-33-38(22-26)48-40-24-29(25-41-43(40)45(33)34-20-17-27(2)23-39(34)49-41)47-35-14-8-6-12-30(35)31-18-21-37-42(44(31)47)32-13-7-9-15-36(32)46(37)28-10-4-3-5-11-28/h3-25H,1-2H3. The maximum Gasteiger partial charge on any atom is 0.260 e. The topological polar surface area (TPSA) is 28.3 Å². The molecule has 2 aliphatic heterocycles. The third-order valence-corrected chi connectivity index (χ3v) is 10.5. The SMILES string of the molecule is Cc1ccc2c(c1)Oc1cc(-n3c4ccccc4c4ccc5c(c6ccccc6n5-c5ccccc5)c43)cc3c1B2c1ccc(C)cc1O3. The van der Waals surface area contributed by atoms with Crippen LogP contribution in [0.5, 0.6) is 23.0 Å². The summed E-state index contributed by atoms with van der Waals surface area (Å²) in [6, 6.07) is 50.3. The fourth-order valence-electron chi connectivity index (χ4n) is 8.45. The lowest BCUT2D eigenvalue weighted by Crippen LogP contribution is -2.57. The number of para-hydroxylation sites is 3. The Morgan fingerprint density at radius 2 is 1.04 bits per heavy atom. The molecule has 0 amide bonds. The lowest BCUT2D eigenvalue weighted by molar-refractivity contribution is 0.464. The van der Waals surface area contributed by atoms with Gasteiger partial charge in [-0.3, -0.25) is 0 Å². The van der Waals surface area contributed by atoms with E-state index in [0.717, 1.165) is 45.4 Å². The summed E-state index contributed by atoms with van der Waals surface area (Å²) < 4.78 is 18.5. The molecular weight excluding hydrogens is 599 g/mol. The van der Waals surface area contributed by atoms with E-state index in [9.17, 15) is 0 Å². The molecule has 4 nitrogen and oxygen atoms in total. The van der Waals surface area contributed by atoms with Crippen LogP contribution in [0.25, 0.3) is 55.0 Å². The summed E-state index contributed by atoms with van der Waals surface area (Å²) in [6.45, 7) is 4.27. The number of ether oxygens (including phenoxy) is 2. The molecule has 7 aromatic carbocycles. The summed E-state index contributed by atoms with van der Waals surface area (Å²) in [7, 11) is 0. The average molecular weight is 629 g/mol. The second-order valence-electron chi connectivity index (χ2n) is 13.5. The molecule has 0 saturated heterocycles. The Morgan fingerprint density at radius 1 is 0.449 bits per heavy atom. The third-order valence-electron chi connectivity index (χ3n) is 10.5. The largest absolute Gasteiger partial charge is 0.458 e. The Bertz CT molecular complexity index is 2790. The van der Waals surface area contributed by atoms with Gasteiger partial charge in [0.1, 0.15) is 23.0 Å². The smallest absolute Gasteiger partial charge is 0.260 e. The monoisotopic (exact) mass is 628 g/mol. The first-order valence-corrected chi connectivity index (χ1v) is 16.9. The van der Waals surface area contributed by atoms with Crippen molar-refractivity contribution in [3.8, 4) is 34.4 Å². The summed E-state index contributed by atoms with van der Waals surface area (Å²) in [5.74, 6) is 3.49. The minimum absolute atomic E-state index is 0.0291. The molecule has 11 rings (SSSR count). The molecule has 0 spiro atoms. The summed E-state index contributed by atoms with van der Waals surface area (Å²) in [6.07, 6.45) is 0. The van der Waals surface area contributed by atoms with Crippen LogP contribution in [-0.2, 0) is 0 Å². The molecule has 0 radical (unpaired) electrons. The zero-order valence-corrected chi connectivity index (χ0v) is 27.1. The van der Waals surface area contributed by atoms with Crippen molar-refractivity contribution in [1.29, 1.82) is 0 Å². The minimum Gasteiger partial charge on any atom is -0.458 e. The summed E-state index contributed by atoms with van der Waals surface area (Å²) in [5, 5.41) is 4.87. The number of aryl methyl sites for hydroxylation is 2. The molecule has 49 heavy (non-hydrogen) atoms. The summed E-state index contributed by atoms with van der Waals surface area (Å²) >= 11 is 0. The summed E-state index contributed by atoms with van der Waals surface area (Å²) in [4.78, 5) is 0. The van der Waals surface area contributed by atoms with E-state index in [2.05, 4.69) is 163 Å². The quantitative estimate of drug-likeness (QED) is 0.179. The minimum atomic E-state index is 0.0291. The second-order valence-corrected chi connectivity index (χ2v) is 13.5. The highest BCUT2D eigenvalue weighted by molar-refractivity contribution is 6.98. The van der Waals surface area contributed by atoms with Crippen molar-refractivity contribution in [2.45, 2.75) is 13.8 Å². The Balaban J connectivity index is 1.26. The maximum atomic E-state index is 6.83. The number of hydrogen-bond donors (Lipinski definition) is 0. The molecule has 2 aliphatic rings. The van der Waals surface area contributed by atoms with Crippen LogP contribution in [0, 0.1) is 13.8 Å². The van der Waals surface area contributed by atoms with Crippen LogP contribution >= 0.6 is 0 Å². The van der Waals surface area contributed by atoms with Crippen molar-refractivity contribution < 1.29 is 9.47 Å². The second kappa shape index (κ2) is 9.68. The van der Waals surface area contributed by atoms with Crippen LogP contribution in [0.15, 0.2) is 140 Å². The fourth-order valence-corrected chi connectivity index (χ4v) is 8.45. The van der Waals surface area contributed by atoms with Gasteiger partial charge in [-0.2, -0.15) is 0 Å². The van der Waals surface area contributed by atoms with Gasteiger partial charge < -0.3 is 18.6 Å². The molecule has 5 heteroatoms. The molecule has 0 saturated carbocycles. The molecule has 0 atom stereocenters. The highest BCUT2D eigenvalue weighted by Gasteiger charge is 2.40. The van der Waals surface area contributed by atoms with E-state index >= 15 is 0 Å². The lowest BCUT2D eigenvalue weighted by Gasteiger charge is -2.33. The average Bonchev–Trinajstić information content (AvgIpc) is 3.64. The molecule has 0 aliphatic carbocycles. The Morgan fingerprint density at radius 3 is 1.71 bits per heavy atom. The Kier molecular flexibility index (Phi) is 5.30. The number of aromatic nitrogens is 2. The normalized spacial score (nSPS) is 13.0. The van der Waals surface area contributed by atoms with E-state index in [0.29, 0.717) is 0 Å². The van der Waals surface area contributed by atoms with E-state index in [4.69, 9.17) is 9.47 Å². The first-order chi connectivity index (χ1) is 24.1. The molecule has 2 aromatic heterocycles. The molecule has 0 N–H and O–H groups in total. The first-order valence-electron chi connectivity index (χ1n) is 16.9. The number of hydrogen-bond acceptors (Lipinski definition) is 2. The van der Waals surface area contributed by atoms with E-state index in [1.54, 1.807) is 0 Å². The molecule has 9 aromatic rings. The van der Waals surface area contributed by atoms with Gasteiger partial charge >= 0.3 is 0 Å². The van der Waals surface area contributed by atoms with Crippen LogP contribution < -0.4 is 25.9 Å². The molecule has 0 bridgehead atoms. The zero-order chi connectivity index (χ0) is 32.4. The van der Waals surface area contributed by atoms with Crippen molar-refractivity contribution in [3.63, 3.8) is 0 Å². The fraction of sp³-hybridized carbons (Fsp3) is 0.0455. The predicted molar refractivity (Wildman–Crippen MR) is 202 cm³/mol. The number of rotatable bonds is 2. The van der Waals surface area contributed by atoms with Crippen molar-refractivity contribution in [3.05, 3.63) is 151 Å². The highest BCUT2D eigenvalue weighted by atomic mass is 16.5. The summed E-state index contributed by atoms with van der Waals surface area (Å²) in [5.41, 5.74) is 12.6. The zero-order valence-electron chi connectivity index (χ0n) is 27.1. The van der Waals surface area contributed by atoms with Crippen LogP contribution in [0.4, 0.5) is 0 Å². The molecule has 0 unspecified atom stereocenters. The number of fused-ring (bicyclic) bond motifs is 11. The molecular formula is C44H29BN2O2. The van der Waals surface area contributed by atoms with Gasteiger partial charge in [0.25, 0.3) is 6.71 Å². The highest BCUT2D eigenvalue weighted by Crippen LogP contribution is 2.44. The third kappa shape index (κ3) is 3.64. The maximum absolute atomic E-state index is 6.83. The van der Waals surface area contributed by atoms with Gasteiger partial charge in [-0.25, -0.2) is 0 Å². The van der Waals surface area contributed by atoms with E-state index in [1.807, 2.05) is 0 Å².